The highest BCUT2D eigenvalue weighted by Crippen LogP contribution is 2.36. The van der Waals surface area contributed by atoms with Crippen molar-refractivity contribution in [1.82, 2.24) is 5.32 Å². The minimum atomic E-state index is -2.51. The van der Waals surface area contributed by atoms with E-state index in [-0.39, 0.29) is 12.0 Å². The van der Waals surface area contributed by atoms with Gasteiger partial charge in [0, 0.05) is 15.9 Å². The van der Waals surface area contributed by atoms with Gasteiger partial charge in [-0.05, 0) is 62.9 Å². The molecule has 0 aliphatic rings. The van der Waals surface area contributed by atoms with Gasteiger partial charge in [0.2, 0.25) is 5.91 Å². The molecule has 0 radical (unpaired) electrons. The van der Waals surface area contributed by atoms with Gasteiger partial charge in [-0.3, -0.25) is 4.79 Å². The zero-order valence-corrected chi connectivity index (χ0v) is 16.4. The Kier molecular flexibility index (Phi) is 6.34. The Morgan fingerprint density at radius 1 is 1.30 bits per heavy atom. The third-order valence-electron chi connectivity index (χ3n) is 3.97. The predicted molar refractivity (Wildman–Crippen MR) is 108 cm³/mol. The van der Waals surface area contributed by atoms with Crippen molar-refractivity contribution in [3.05, 3.63) is 76.0 Å². The maximum atomic E-state index is 12.9. The Labute approximate surface area is 165 Å². The molecule has 0 aliphatic carbocycles. The molecule has 27 heavy (non-hydrogen) atoms. The number of amides is 1. The molecule has 3 aromatic rings. The third-order valence-corrected chi connectivity index (χ3v) is 5.86. The summed E-state index contributed by atoms with van der Waals surface area (Å²) >= 11 is 7.51. The Bertz CT molecular complexity index is 1020. The second kappa shape index (κ2) is 8.72. The van der Waals surface area contributed by atoms with Crippen LogP contribution in [0.4, 0.5) is 4.39 Å². The topological polar surface area (TPSA) is 66.4 Å². The lowest BCUT2D eigenvalue weighted by atomic mass is 9.99. The van der Waals surface area contributed by atoms with E-state index < -0.39 is 19.9 Å². The van der Waals surface area contributed by atoms with E-state index in [1.54, 1.807) is 30.3 Å². The molecule has 1 amide bonds. The zero-order chi connectivity index (χ0) is 19.4. The Morgan fingerprint density at radius 3 is 2.74 bits per heavy atom. The molecule has 8 heteroatoms. The predicted octanol–water partition coefficient (Wildman–Crippen LogP) is 5.30. The first-order valence-corrected chi connectivity index (χ1v) is 10.6. The molecule has 1 aromatic heterocycles. The molecule has 138 valence electrons. The number of benzene rings is 2. The number of thiophene rings is 1. The summed E-state index contributed by atoms with van der Waals surface area (Å²) in [7, 11) is -2.51. The molecule has 0 fully saturated rings. The van der Waals surface area contributed by atoms with Crippen LogP contribution in [0.3, 0.4) is 0 Å². The second-order valence-corrected chi connectivity index (χ2v) is 8.23. The Balaban J connectivity index is 1.83. The summed E-state index contributed by atoms with van der Waals surface area (Å²) in [6.45, 7) is 0. The van der Waals surface area contributed by atoms with Crippen LogP contribution in [0.5, 0.6) is 0 Å². The largest absolute Gasteiger partial charge is 0.506 e. The molecule has 0 saturated heterocycles. The standard InChI is InChI=1S/C19H14ClFNO3PS/c20-13-3-6-18-15(9-13)17(11-27-18)16(10-26(24)25)19(23)22-8-7-12-1-4-14(21)5-2-12/h1-9,11,16H,10H2,(H-,22,23,24,25)/p+1/b8-7+. The molecule has 0 saturated carbocycles. The SMILES string of the molecule is O=C(N/C=C/c1ccc(F)cc1)C(C[P+](=O)O)c1csc2ccc(Cl)cc12. The van der Waals surface area contributed by atoms with E-state index in [4.69, 9.17) is 11.6 Å². The van der Waals surface area contributed by atoms with Crippen LogP contribution in [-0.4, -0.2) is 17.0 Å². The maximum Gasteiger partial charge on any atom is 0.506 e. The lowest BCUT2D eigenvalue weighted by Gasteiger charge is -2.10. The van der Waals surface area contributed by atoms with Gasteiger partial charge in [0.15, 0.2) is 6.16 Å². The van der Waals surface area contributed by atoms with Crippen LogP contribution in [0.15, 0.2) is 54.0 Å². The molecule has 4 nitrogen and oxygen atoms in total. The van der Waals surface area contributed by atoms with Crippen LogP contribution < -0.4 is 5.32 Å². The van der Waals surface area contributed by atoms with Crippen molar-refractivity contribution in [3.8, 4) is 0 Å². The molecule has 2 N–H and O–H groups in total. The van der Waals surface area contributed by atoms with Gasteiger partial charge in [-0.2, -0.15) is 4.89 Å². The Morgan fingerprint density at radius 2 is 2.04 bits per heavy atom. The molecule has 0 spiro atoms. The summed E-state index contributed by atoms with van der Waals surface area (Å²) in [5.74, 6) is -1.53. The smallest absolute Gasteiger partial charge is 0.332 e. The number of fused-ring (bicyclic) bond motifs is 1. The minimum absolute atomic E-state index is 0.191. The van der Waals surface area contributed by atoms with Crippen LogP contribution in [-0.2, 0) is 9.36 Å². The first kappa shape index (κ1) is 19.6. The van der Waals surface area contributed by atoms with Gasteiger partial charge in [0.25, 0.3) is 0 Å². The van der Waals surface area contributed by atoms with Crippen molar-refractivity contribution in [1.29, 1.82) is 0 Å². The number of nitrogens with one attached hydrogen (secondary N) is 1. The highest BCUT2D eigenvalue weighted by Gasteiger charge is 2.31. The summed E-state index contributed by atoms with van der Waals surface area (Å²) in [6, 6.07) is 11.2. The molecular weight excluding hydrogens is 408 g/mol. The summed E-state index contributed by atoms with van der Waals surface area (Å²) < 4.78 is 25.3. The van der Waals surface area contributed by atoms with E-state index in [0.717, 1.165) is 10.1 Å². The van der Waals surface area contributed by atoms with Crippen molar-refractivity contribution in [2.45, 2.75) is 5.92 Å². The van der Waals surface area contributed by atoms with Crippen molar-refractivity contribution >= 4 is 53.0 Å². The maximum absolute atomic E-state index is 12.9. The highest BCUT2D eigenvalue weighted by molar-refractivity contribution is 7.38. The quantitative estimate of drug-likeness (QED) is 0.530. The number of hydrogen-bond donors (Lipinski definition) is 2. The van der Waals surface area contributed by atoms with Crippen LogP contribution in [0, 0.1) is 5.82 Å². The van der Waals surface area contributed by atoms with Crippen molar-refractivity contribution in [2.75, 3.05) is 6.16 Å². The van der Waals surface area contributed by atoms with Crippen LogP contribution >= 0.6 is 31.0 Å². The fourth-order valence-electron chi connectivity index (χ4n) is 2.66. The van der Waals surface area contributed by atoms with Gasteiger partial charge < -0.3 is 5.32 Å². The number of halogens is 2. The van der Waals surface area contributed by atoms with Gasteiger partial charge in [-0.25, -0.2) is 4.39 Å². The average Bonchev–Trinajstić information content (AvgIpc) is 3.04. The van der Waals surface area contributed by atoms with E-state index in [9.17, 15) is 18.6 Å². The second-order valence-electron chi connectivity index (χ2n) is 5.81. The summed E-state index contributed by atoms with van der Waals surface area (Å²) in [5.41, 5.74) is 1.39. The number of carbonyl (C=O) groups is 1. The lowest BCUT2D eigenvalue weighted by molar-refractivity contribution is -0.121. The summed E-state index contributed by atoms with van der Waals surface area (Å²) in [5, 5.41) is 5.78. The monoisotopic (exact) mass is 422 g/mol. The minimum Gasteiger partial charge on any atom is -0.332 e. The van der Waals surface area contributed by atoms with E-state index in [1.807, 2.05) is 11.4 Å². The Hall–Kier alpha value is -2.11. The van der Waals surface area contributed by atoms with Gasteiger partial charge in [0.1, 0.15) is 11.7 Å². The first-order valence-electron chi connectivity index (χ1n) is 7.97. The highest BCUT2D eigenvalue weighted by atomic mass is 35.5. The van der Waals surface area contributed by atoms with Crippen LogP contribution in [0.2, 0.25) is 5.02 Å². The average molecular weight is 423 g/mol. The van der Waals surface area contributed by atoms with E-state index in [1.165, 1.54) is 29.7 Å². The summed E-state index contributed by atoms with van der Waals surface area (Å²) in [6.07, 6.45) is 2.87. The van der Waals surface area contributed by atoms with Crippen molar-refractivity contribution in [2.24, 2.45) is 0 Å². The number of hydrogen-bond acceptors (Lipinski definition) is 3. The van der Waals surface area contributed by atoms with Gasteiger partial charge >= 0.3 is 8.03 Å². The molecular formula is C19H15ClFNO3PS+. The first-order chi connectivity index (χ1) is 12.9. The lowest BCUT2D eigenvalue weighted by Crippen LogP contribution is -2.26. The molecule has 2 aromatic carbocycles. The molecule has 2 unspecified atom stereocenters. The third kappa shape index (κ3) is 4.99. The fourth-order valence-corrected chi connectivity index (χ4v) is 4.51. The molecule has 0 bridgehead atoms. The zero-order valence-electron chi connectivity index (χ0n) is 13.9. The fraction of sp³-hybridized carbons (Fsp3) is 0.105. The van der Waals surface area contributed by atoms with Crippen molar-refractivity contribution in [3.63, 3.8) is 0 Å². The molecule has 3 rings (SSSR count). The normalized spacial score (nSPS) is 13.1. The number of rotatable bonds is 6. The molecule has 2 atom stereocenters. The van der Waals surface area contributed by atoms with Gasteiger partial charge in [-0.1, -0.05) is 23.7 Å². The van der Waals surface area contributed by atoms with Crippen molar-refractivity contribution < 1.29 is 18.6 Å². The van der Waals surface area contributed by atoms with Crippen LogP contribution in [0.1, 0.15) is 17.0 Å². The van der Waals surface area contributed by atoms with Gasteiger partial charge in [0.05, 0.1) is 0 Å². The van der Waals surface area contributed by atoms with E-state index in [0.29, 0.717) is 16.1 Å². The molecule has 0 aliphatic heterocycles. The van der Waals surface area contributed by atoms with Crippen LogP contribution in [0.25, 0.3) is 16.2 Å². The molecule has 1 heterocycles. The summed E-state index contributed by atoms with van der Waals surface area (Å²) in [4.78, 5) is 22.0. The number of carbonyl (C=O) groups excluding carboxylic acids is 1. The van der Waals surface area contributed by atoms with E-state index >= 15 is 0 Å². The van der Waals surface area contributed by atoms with E-state index in [2.05, 4.69) is 5.32 Å². The van der Waals surface area contributed by atoms with Gasteiger partial charge in [-0.15, -0.1) is 11.3 Å².